The van der Waals surface area contributed by atoms with Crippen molar-refractivity contribution in [2.75, 3.05) is 23.3 Å². The van der Waals surface area contributed by atoms with Crippen molar-refractivity contribution >= 4 is 23.4 Å². The van der Waals surface area contributed by atoms with Crippen LogP contribution >= 0.6 is 0 Å². The van der Waals surface area contributed by atoms with Crippen LogP contribution in [0.5, 0.6) is 0 Å². The van der Waals surface area contributed by atoms with Crippen LogP contribution in [0.1, 0.15) is 0 Å². The van der Waals surface area contributed by atoms with Crippen molar-refractivity contribution in [3.63, 3.8) is 0 Å². The molecule has 1 fully saturated rings. The van der Waals surface area contributed by atoms with Crippen molar-refractivity contribution in [3.8, 4) is 0 Å². The molecule has 2 aromatic carbocycles. The van der Waals surface area contributed by atoms with E-state index in [1.807, 2.05) is 65.6 Å². The van der Waals surface area contributed by atoms with Gasteiger partial charge >= 0.3 is 6.03 Å². The molecule has 0 radical (unpaired) electrons. The number of rotatable bonds is 2. The Morgan fingerprint density at radius 1 is 0.952 bits per heavy atom. The van der Waals surface area contributed by atoms with Crippen molar-refractivity contribution in [2.45, 2.75) is 0 Å². The normalized spacial score (nSPS) is 14.4. The molecule has 1 heterocycles. The summed E-state index contributed by atoms with van der Waals surface area (Å²) in [5.74, 6) is 0.203. The highest BCUT2D eigenvalue weighted by Gasteiger charge is 2.30. The van der Waals surface area contributed by atoms with Gasteiger partial charge in [-0.1, -0.05) is 36.4 Å². The molecule has 0 spiro atoms. The van der Waals surface area contributed by atoms with Crippen molar-refractivity contribution in [2.24, 2.45) is 0 Å². The van der Waals surface area contributed by atoms with Crippen LogP contribution in [0.25, 0.3) is 0 Å². The highest BCUT2D eigenvalue weighted by Crippen LogP contribution is 2.19. The number of benzene rings is 2. The van der Waals surface area contributed by atoms with Crippen molar-refractivity contribution in [1.82, 2.24) is 4.90 Å². The predicted octanol–water partition coefficient (Wildman–Crippen LogP) is 2.98. The zero-order valence-electron chi connectivity index (χ0n) is 11.5. The molecule has 106 valence electrons. The number of guanidine groups is 1. The van der Waals surface area contributed by atoms with E-state index in [0.29, 0.717) is 13.1 Å². The van der Waals surface area contributed by atoms with Crippen LogP contribution in [0.4, 0.5) is 16.2 Å². The highest BCUT2D eigenvalue weighted by atomic mass is 16.2. The number of nitrogens with zero attached hydrogens (tertiary/aromatic N) is 2. The van der Waals surface area contributed by atoms with Crippen molar-refractivity contribution in [3.05, 3.63) is 60.7 Å². The van der Waals surface area contributed by atoms with E-state index >= 15 is 0 Å². The van der Waals surface area contributed by atoms with E-state index in [-0.39, 0.29) is 12.0 Å². The van der Waals surface area contributed by atoms with Gasteiger partial charge in [-0.05, 0) is 24.3 Å². The lowest BCUT2D eigenvalue weighted by atomic mass is 10.3. The molecule has 0 saturated carbocycles. The first-order valence-corrected chi connectivity index (χ1v) is 6.80. The minimum absolute atomic E-state index is 0.203. The van der Waals surface area contributed by atoms with E-state index in [1.165, 1.54) is 4.90 Å². The third-order valence-corrected chi connectivity index (χ3v) is 3.40. The van der Waals surface area contributed by atoms with Crippen LogP contribution in [-0.2, 0) is 0 Å². The number of anilines is 2. The van der Waals surface area contributed by atoms with Gasteiger partial charge in [0, 0.05) is 24.5 Å². The minimum Gasteiger partial charge on any atom is -0.311 e. The van der Waals surface area contributed by atoms with Crippen LogP contribution in [0.2, 0.25) is 0 Å². The minimum atomic E-state index is -0.273. The van der Waals surface area contributed by atoms with Crippen molar-refractivity contribution in [1.29, 1.82) is 5.41 Å². The molecule has 0 unspecified atom stereocenters. The molecule has 0 bridgehead atoms. The van der Waals surface area contributed by atoms with Gasteiger partial charge in [-0.2, -0.15) is 0 Å². The second-order valence-electron chi connectivity index (χ2n) is 4.76. The molecule has 1 saturated heterocycles. The van der Waals surface area contributed by atoms with Gasteiger partial charge in [-0.15, -0.1) is 0 Å². The first kappa shape index (κ1) is 13.2. The lowest BCUT2D eigenvalue weighted by Gasteiger charge is -2.20. The Balaban J connectivity index is 1.70. The monoisotopic (exact) mass is 280 g/mol. The van der Waals surface area contributed by atoms with Gasteiger partial charge in [0.1, 0.15) is 0 Å². The zero-order valence-corrected chi connectivity index (χ0v) is 11.5. The van der Waals surface area contributed by atoms with Crippen molar-refractivity contribution < 1.29 is 4.79 Å². The molecule has 5 heteroatoms. The number of amides is 2. The quantitative estimate of drug-likeness (QED) is 0.888. The van der Waals surface area contributed by atoms with E-state index in [2.05, 4.69) is 5.32 Å². The van der Waals surface area contributed by atoms with Gasteiger partial charge in [0.15, 0.2) is 0 Å². The summed E-state index contributed by atoms with van der Waals surface area (Å²) in [6.07, 6.45) is 0. The van der Waals surface area contributed by atoms with Gasteiger partial charge < -0.3 is 10.2 Å². The van der Waals surface area contributed by atoms with E-state index in [9.17, 15) is 4.79 Å². The van der Waals surface area contributed by atoms with E-state index < -0.39 is 0 Å². The maximum atomic E-state index is 12.2. The highest BCUT2D eigenvalue weighted by molar-refractivity contribution is 6.08. The van der Waals surface area contributed by atoms with Crippen LogP contribution < -0.4 is 10.2 Å². The van der Waals surface area contributed by atoms with Crippen LogP contribution in [0.15, 0.2) is 60.7 Å². The fourth-order valence-corrected chi connectivity index (χ4v) is 2.33. The molecule has 0 atom stereocenters. The van der Waals surface area contributed by atoms with Gasteiger partial charge in [-0.3, -0.25) is 10.3 Å². The van der Waals surface area contributed by atoms with Gasteiger partial charge in [0.2, 0.25) is 5.96 Å². The lowest BCUT2D eigenvalue weighted by Crippen LogP contribution is -2.39. The molecule has 21 heavy (non-hydrogen) atoms. The Labute approximate surface area is 123 Å². The second-order valence-corrected chi connectivity index (χ2v) is 4.76. The average molecular weight is 280 g/mol. The third-order valence-electron chi connectivity index (χ3n) is 3.40. The first-order chi connectivity index (χ1) is 10.3. The SMILES string of the molecule is N=C1N(C(=O)Nc2ccccc2)CCN1c1ccccc1. The molecule has 1 aliphatic heterocycles. The predicted molar refractivity (Wildman–Crippen MR) is 83.7 cm³/mol. The van der Waals surface area contributed by atoms with E-state index in [4.69, 9.17) is 5.41 Å². The number of carbonyl (C=O) groups excluding carboxylic acids is 1. The summed E-state index contributed by atoms with van der Waals surface area (Å²) in [4.78, 5) is 15.5. The Hall–Kier alpha value is -2.82. The number of nitrogens with one attached hydrogen (secondary N) is 2. The lowest BCUT2D eigenvalue weighted by molar-refractivity contribution is 0.236. The molecule has 0 aromatic heterocycles. The number of para-hydroxylation sites is 2. The Bertz CT molecular complexity index is 642. The molecule has 2 aromatic rings. The Kier molecular flexibility index (Phi) is 3.55. The molecule has 0 aliphatic carbocycles. The smallest absolute Gasteiger partial charge is 0.311 e. The van der Waals surface area contributed by atoms with E-state index in [1.54, 1.807) is 0 Å². The zero-order chi connectivity index (χ0) is 14.7. The molecule has 3 rings (SSSR count). The summed E-state index contributed by atoms with van der Waals surface area (Å²) in [5, 5.41) is 11.0. The number of carbonyl (C=O) groups is 1. The maximum Gasteiger partial charge on any atom is 0.328 e. The largest absolute Gasteiger partial charge is 0.328 e. The van der Waals surface area contributed by atoms with Crippen LogP contribution in [-0.4, -0.2) is 30.0 Å². The molecule has 5 nitrogen and oxygen atoms in total. The van der Waals surface area contributed by atoms with Gasteiger partial charge in [0.05, 0.1) is 0 Å². The standard InChI is InChI=1S/C16H16N4O/c17-15-19(14-9-5-2-6-10-14)11-12-20(15)16(21)18-13-7-3-1-4-8-13/h1-10,17H,11-12H2,(H,18,21). The molecule has 2 N–H and O–H groups in total. The maximum absolute atomic E-state index is 12.2. The van der Waals surface area contributed by atoms with Gasteiger partial charge in [-0.25, -0.2) is 4.79 Å². The topological polar surface area (TPSA) is 59.4 Å². The summed E-state index contributed by atoms with van der Waals surface area (Å²) >= 11 is 0. The first-order valence-electron chi connectivity index (χ1n) is 6.80. The fourth-order valence-electron chi connectivity index (χ4n) is 2.33. The average Bonchev–Trinajstić information content (AvgIpc) is 2.91. The summed E-state index contributed by atoms with van der Waals surface area (Å²) in [6.45, 7) is 1.14. The summed E-state index contributed by atoms with van der Waals surface area (Å²) in [5.41, 5.74) is 1.66. The third kappa shape index (κ3) is 2.72. The number of hydrogen-bond donors (Lipinski definition) is 2. The summed E-state index contributed by atoms with van der Waals surface area (Å²) in [6, 6.07) is 18.7. The summed E-state index contributed by atoms with van der Waals surface area (Å²) < 4.78 is 0. The fraction of sp³-hybridized carbons (Fsp3) is 0.125. The summed E-state index contributed by atoms with van der Waals surface area (Å²) in [7, 11) is 0. The van der Waals surface area contributed by atoms with Crippen LogP contribution in [0, 0.1) is 5.41 Å². The van der Waals surface area contributed by atoms with Gasteiger partial charge in [0.25, 0.3) is 0 Å². The Morgan fingerprint density at radius 2 is 1.57 bits per heavy atom. The second kappa shape index (κ2) is 5.66. The van der Waals surface area contributed by atoms with E-state index in [0.717, 1.165) is 11.4 Å². The number of hydrogen-bond acceptors (Lipinski definition) is 2. The number of urea groups is 1. The Morgan fingerprint density at radius 3 is 2.24 bits per heavy atom. The molecular formula is C16H16N4O. The molecule has 2 amide bonds. The molecule has 1 aliphatic rings. The van der Waals surface area contributed by atoms with Crippen LogP contribution in [0.3, 0.4) is 0 Å². The molecular weight excluding hydrogens is 264 g/mol.